The molecule has 0 amide bonds. The summed E-state index contributed by atoms with van der Waals surface area (Å²) < 4.78 is -0.464. The molecule has 0 heterocycles. The van der Waals surface area contributed by atoms with Gasteiger partial charge in [0.1, 0.15) is 0 Å². The number of aliphatic carboxylic acids is 1. The highest BCUT2D eigenvalue weighted by atomic mass is 127. The van der Waals surface area contributed by atoms with Gasteiger partial charge in [0, 0.05) is 3.92 Å². The van der Waals surface area contributed by atoms with Gasteiger partial charge in [-0.15, -0.1) is 0 Å². The first-order valence-electron chi connectivity index (χ1n) is 2.68. The van der Waals surface area contributed by atoms with Gasteiger partial charge in [-0.2, -0.15) is 0 Å². The zero-order valence-electron chi connectivity index (χ0n) is 5.27. The van der Waals surface area contributed by atoms with Crippen LogP contribution in [0.1, 0.15) is 13.3 Å². The zero-order chi connectivity index (χ0) is 8.36. The summed E-state index contributed by atoms with van der Waals surface area (Å²) in [6.45, 7) is 1.99. The molecule has 0 fully saturated rings. The molecule has 0 radical (unpaired) electrons. The summed E-state index contributed by atoms with van der Waals surface area (Å²) in [5, 5.41) is 8.72. The second kappa shape index (κ2) is 4.63. The highest BCUT2D eigenvalue weighted by Crippen LogP contribution is 2.38. The third kappa shape index (κ3) is 2.95. The fourth-order valence-electron chi connectivity index (χ4n) is 0.390. The number of hydrogen-bond acceptors (Lipinski definition) is 1. The molecule has 0 saturated heterocycles. The molecular weight excluding hydrogens is 473 g/mol. The van der Waals surface area contributed by atoms with Crippen molar-refractivity contribution in [2.45, 2.75) is 18.7 Å². The van der Waals surface area contributed by atoms with E-state index in [0.29, 0.717) is 0 Å². The molecule has 0 aliphatic carbocycles. The third-order valence-corrected chi connectivity index (χ3v) is 7.66. The van der Waals surface area contributed by atoms with Gasteiger partial charge in [-0.25, -0.2) is 4.79 Å². The molecule has 10 heavy (non-hydrogen) atoms. The van der Waals surface area contributed by atoms with Crippen molar-refractivity contribution in [1.82, 2.24) is 0 Å². The van der Waals surface area contributed by atoms with E-state index in [1.807, 2.05) is 52.1 Å². The minimum absolute atomic E-state index is 0.184. The number of carboxylic acid groups (broad SMARTS) is 1. The molecule has 0 aliphatic heterocycles. The second-order valence-corrected chi connectivity index (χ2v) is 8.77. The van der Waals surface area contributed by atoms with Crippen molar-refractivity contribution in [1.29, 1.82) is 0 Å². The van der Waals surface area contributed by atoms with Crippen LogP contribution in [0, 0.1) is 0 Å². The predicted octanol–water partition coefficient (Wildman–Crippen LogP) is 2.85. The molecule has 0 spiro atoms. The smallest absolute Gasteiger partial charge is 0.330 e. The minimum atomic E-state index is -0.741. The Morgan fingerprint density at radius 3 is 2.20 bits per heavy atom. The van der Waals surface area contributed by atoms with Crippen molar-refractivity contribution < 1.29 is 9.90 Å². The largest absolute Gasteiger partial charge is 0.480 e. The van der Waals surface area contributed by atoms with E-state index in [-0.39, 0.29) is 3.92 Å². The number of hydrogen-bond donors (Lipinski definition) is 1. The SMILES string of the molecule is CCC(I)C(I)(I)C(=O)O. The van der Waals surface area contributed by atoms with Gasteiger partial charge in [0.25, 0.3) is 0 Å². The van der Waals surface area contributed by atoms with Crippen LogP contribution < -0.4 is 0 Å². The Bertz CT molecular complexity index is 135. The lowest BCUT2D eigenvalue weighted by Gasteiger charge is -2.19. The van der Waals surface area contributed by atoms with Crippen LogP contribution in [0.2, 0.25) is 0 Å². The molecular formula is C5H7I3O2. The van der Waals surface area contributed by atoms with Gasteiger partial charge in [0.05, 0.1) is 0 Å². The molecule has 0 aliphatic rings. The van der Waals surface area contributed by atoms with Crippen molar-refractivity contribution in [3.05, 3.63) is 0 Å². The van der Waals surface area contributed by atoms with Crippen molar-refractivity contribution >= 4 is 73.7 Å². The van der Waals surface area contributed by atoms with Gasteiger partial charge >= 0.3 is 5.97 Å². The lowest BCUT2D eigenvalue weighted by molar-refractivity contribution is -0.136. The maximum absolute atomic E-state index is 10.6. The molecule has 0 saturated carbocycles. The first-order valence-corrected chi connectivity index (χ1v) is 6.08. The Morgan fingerprint density at radius 1 is 1.70 bits per heavy atom. The summed E-state index contributed by atoms with van der Waals surface area (Å²) in [7, 11) is 0. The molecule has 60 valence electrons. The van der Waals surface area contributed by atoms with Crippen LogP contribution >= 0.6 is 67.8 Å². The molecule has 1 unspecified atom stereocenters. The molecule has 0 rings (SSSR count). The normalized spacial score (nSPS) is 14.8. The monoisotopic (exact) mass is 480 g/mol. The van der Waals surface area contributed by atoms with Gasteiger partial charge in [-0.1, -0.05) is 74.7 Å². The van der Waals surface area contributed by atoms with Gasteiger partial charge in [-0.05, 0) is 6.42 Å². The average Bonchev–Trinajstić information content (AvgIpc) is 1.86. The fourth-order valence-corrected chi connectivity index (χ4v) is 1.54. The third-order valence-electron chi connectivity index (χ3n) is 1.04. The number of carboxylic acids is 1. The summed E-state index contributed by atoms with van der Waals surface area (Å²) in [6.07, 6.45) is 0.888. The van der Waals surface area contributed by atoms with Crippen LogP contribution in [0.15, 0.2) is 0 Å². The van der Waals surface area contributed by atoms with E-state index in [1.54, 1.807) is 0 Å². The molecule has 1 atom stereocenters. The highest BCUT2D eigenvalue weighted by molar-refractivity contribution is 14.2. The van der Waals surface area contributed by atoms with Gasteiger partial charge < -0.3 is 5.11 Å². The number of alkyl halides is 3. The molecule has 0 aromatic heterocycles. The lowest BCUT2D eigenvalue weighted by atomic mass is 10.2. The van der Waals surface area contributed by atoms with Crippen molar-refractivity contribution in [3.8, 4) is 0 Å². The van der Waals surface area contributed by atoms with Crippen molar-refractivity contribution in [2.24, 2.45) is 0 Å². The number of rotatable bonds is 3. The summed E-state index contributed by atoms with van der Waals surface area (Å²) >= 11 is 6.11. The maximum atomic E-state index is 10.6. The Kier molecular flexibility index (Phi) is 5.40. The van der Waals surface area contributed by atoms with Gasteiger partial charge in [-0.3, -0.25) is 0 Å². The quantitative estimate of drug-likeness (QED) is 0.499. The van der Waals surface area contributed by atoms with Crippen LogP contribution in [-0.4, -0.2) is 16.4 Å². The Balaban J connectivity index is 4.23. The zero-order valence-corrected chi connectivity index (χ0v) is 11.7. The fraction of sp³-hybridized carbons (Fsp3) is 0.800. The van der Waals surface area contributed by atoms with E-state index in [0.717, 1.165) is 6.42 Å². The molecule has 0 aromatic rings. The van der Waals surface area contributed by atoms with E-state index in [2.05, 4.69) is 22.6 Å². The molecule has 1 N–H and O–H groups in total. The summed E-state index contributed by atoms with van der Waals surface area (Å²) in [4.78, 5) is 10.6. The van der Waals surface area contributed by atoms with Crippen LogP contribution in [0.4, 0.5) is 0 Å². The number of halogens is 3. The Labute approximate surface area is 101 Å². The predicted molar refractivity (Wildman–Crippen MR) is 66.5 cm³/mol. The van der Waals surface area contributed by atoms with E-state index in [9.17, 15) is 4.79 Å². The van der Waals surface area contributed by atoms with Crippen molar-refractivity contribution in [2.75, 3.05) is 0 Å². The van der Waals surface area contributed by atoms with E-state index >= 15 is 0 Å². The standard InChI is InChI=1S/C5H7I3O2/c1-2-3(6)5(7,8)4(9)10/h3H,2H2,1H3,(H,9,10). The summed E-state index contributed by atoms with van der Waals surface area (Å²) in [5.41, 5.74) is 0. The highest BCUT2D eigenvalue weighted by Gasteiger charge is 2.38. The number of carbonyl (C=O) groups is 1. The Hall–Kier alpha value is 1.66. The first kappa shape index (κ1) is 11.7. The van der Waals surface area contributed by atoms with Gasteiger partial charge in [0.15, 0.2) is 1.43 Å². The minimum Gasteiger partial charge on any atom is -0.480 e. The molecule has 0 aromatic carbocycles. The van der Waals surface area contributed by atoms with Gasteiger partial charge in [0.2, 0.25) is 0 Å². The maximum Gasteiger partial charge on any atom is 0.330 e. The summed E-state index contributed by atoms with van der Waals surface area (Å²) in [6, 6.07) is 0. The van der Waals surface area contributed by atoms with Crippen molar-refractivity contribution in [3.63, 3.8) is 0 Å². The van der Waals surface area contributed by atoms with E-state index in [1.165, 1.54) is 0 Å². The van der Waals surface area contributed by atoms with Crippen LogP contribution in [0.25, 0.3) is 0 Å². The van der Waals surface area contributed by atoms with E-state index in [4.69, 9.17) is 5.11 Å². The summed E-state index contributed by atoms with van der Waals surface area (Å²) in [5.74, 6) is -0.741. The van der Waals surface area contributed by atoms with Crippen LogP contribution in [0.3, 0.4) is 0 Å². The molecule has 2 nitrogen and oxygen atoms in total. The van der Waals surface area contributed by atoms with E-state index < -0.39 is 7.40 Å². The molecule has 5 heteroatoms. The van der Waals surface area contributed by atoms with Crippen LogP contribution in [-0.2, 0) is 4.79 Å². The molecule has 0 bridgehead atoms. The Morgan fingerprint density at radius 2 is 2.10 bits per heavy atom. The lowest BCUT2D eigenvalue weighted by Crippen LogP contribution is -2.33. The second-order valence-electron chi connectivity index (χ2n) is 1.80. The average molecular weight is 480 g/mol. The topological polar surface area (TPSA) is 37.3 Å². The first-order chi connectivity index (χ1) is 4.42. The van der Waals surface area contributed by atoms with Crippen LogP contribution in [0.5, 0.6) is 0 Å².